The molecule has 0 saturated heterocycles. The van der Waals surface area contributed by atoms with Gasteiger partial charge in [0.05, 0.1) is 11.4 Å². The van der Waals surface area contributed by atoms with E-state index in [4.69, 9.17) is 5.73 Å². The molecule has 0 heterocycles. The van der Waals surface area contributed by atoms with Crippen molar-refractivity contribution < 1.29 is 22.0 Å². The van der Waals surface area contributed by atoms with Gasteiger partial charge in [0.1, 0.15) is 17.4 Å². The number of carbonyl (C=O) groups excluding carboxylic acids is 1. The Kier molecular flexibility index (Phi) is 3.66. The summed E-state index contributed by atoms with van der Waals surface area (Å²) in [6.07, 6.45) is 0.863. The van der Waals surface area contributed by atoms with Crippen LogP contribution in [0.25, 0.3) is 0 Å². The van der Waals surface area contributed by atoms with Crippen LogP contribution in [-0.4, -0.2) is 26.3 Å². The number of nitrogens with two attached hydrogens (primary N) is 1. The smallest absolute Gasteiger partial charge is 0.239 e. The Hall–Kier alpha value is -1.70. The second-order valence-electron chi connectivity index (χ2n) is 3.47. The Labute approximate surface area is 96.5 Å². The number of hydrogen-bond acceptors (Lipinski definition) is 4. The normalized spacial score (nSPS) is 11.2. The average molecular weight is 264 g/mol. The van der Waals surface area contributed by atoms with Gasteiger partial charge in [-0.05, 0) is 6.07 Å². The van der Waals surface area contributed by atoms with Gasteiger partial charge in [-0.25, -0.2) is 17.2 Å². The van der Waals surface area contributed by atoms with Crippen LogP contribution in [0.3, 0.4) is 0 Å². The third kappa shape index (κ3) is 3.99. The summed E-state index contributed by atoms with van der Waals surface area (Å²) in [4.78, 5) is 11.2. The maximum absolute atomic E-state index is 13.2. The molecule has 0 radical (unpaired) electrons. The summed E-state index contributed by atoms with van der Waals surface area (Å²) in [5.74, 6) is -3.69. The standard InChI is InChI=1S/C9H10F2N2O3S/c1-17(15,16)4-9(14)13-8-3-7(12)5(10)2-6(8)11/h2-3H,4,12H2,1H3,(H,13,14). The Bertz CT molecular complexity index is 558. The Morgan fingerprint density at radius 3 is 2.47 bits per heavy atom. The van der Waals surface area contributed by atoms with Gasteiger partial charge in [0, 0.05) is 12.3 Å². The molecule has 17 heavy (non-hydrogen) atoms. The molecule has 1 aromatic rings. The molecular weight excluding hydrogens is 254 g/mol. The first-order valence-corrected chi connectivity index (χ1v) is 6.47. The summed E-state index contributed by atoms with van der Waals surface area (Å²) in [6.45, 7) is 0. The number of halogens is 2. The van der Waals surface area contributed by atoms with Crippen LogP contribution in [0.4, 0.5) is 20.2 Å². The van der Waals surface area contributed by atoms with Crippen molar-refractivity contribution in [3.05, 3.63) is 23.8 Å². The van der Waals surface area contributed by atoms with Crippen LogP contribution in [0.1, 0.15) is 0 Å². The molecular formula is C9H10F2N2O3S. The average Bonchev–Trinajstić information content (AvgIpc) is 2.11. The molecule has 0 unspecified atom stereocenters. The highest BCUT2D eigenvalue weighted by Crippen LogP contribution is 2.20. The lowest BCUT2D eigenvalue weighted by molar-refractivity contribution is -0.113. The van der Waals surface area contributed by atoms with Crippen molar-refractivity contribution in [2.75, 3.05) is 23.1 Å². The summed E-state index contributed by atoms with van der Waals surface area (Å²) < 4.78 is 47.6. The van der Waals surface area contributed by atoms with Crippen molar-refractivity contribution in [2.45, 2.75) is 0 Å². The van der Waals surface area contributed by atoms with Gasteiger partial charge >= 0.3 is 0 Å². The quantitative estimate of drug-likeness (QED) is 0.779. The molecule has 0 aromatic heterocycles. The number of benzene rings is 1. The van der Waals surface area contributed by atoms with Crippen molar-refractivity contribution in [3.8, 4) is 0 Å². The molecule has 0 fully saturated rings. The number of hydrogen-bond donors (Lipinski definition) is 2. The molecule has 8 heteroatoms. The molecule has 0 saturated carbocycles. The largest absolute Gasteiger partial charge is 0.396 e. The lowest BCUT2D eigenvalue weighted by Crippen LogP contribution is -2.22. The van der Waals surface area contributed by atoms with Crippen LogP contribution in [0.2, 0.25) is 0 Å². The van der Waals surface area contributed by atoms with E-state index >= 15 is 0 Å². The second-order valence-corrected chi connectivity index (χ2v) is 5.61. The van der Waals surface area contributed by atoms with E-state index in [-0.39, 0.29) is 11.4 Å². The van der Waals surface area contributed by atoms with Gasteiger partial charge in [0.25, 0.3) is 0 Å². The van der Waals surface area contributed by atoms with Gasteiger partial charge in [-0.15, -0.1) is 0 Å². The first kappa shape index (κ1) is 13.4. The van der Waals surface area contributed by atoms with Gasteiger partial charge in [-0.2, -0.15) is 0 Å². The summed E-state index contributed by atoms with van der Waals surface area (Å²) in [5.41, 5.74) is 4.47. The predicted molar refractivity (Wildman–Crippen MR) is 59.1 cm³/mol. The third-order valence-electron chi connectivity index (χ3n) is 1.75. The van der Waals surface area contributed by atoms with Crippen LogP contribution < -0.4 is 11.1 Å². The highest BCUT2D eigenvalue weighted by atomic mass is 32.2. The fourth-order valence-corrected chi connectivity index (χ4v) is 1.63. The van der Waals surface area contributed by atoms with Gasteiger partial charge < -0.3 is 11.1 Å². The number of anilines is 2. The van der Waals surface area contributed by atoms with Gasteiger partial charge in [-0.3, -0.25) is 4.79 Å². The zero-order chi connectivity index (χ0) is 13.2. The van der Waals surface area contributed by atoms with E-state index in [2.05, 4.69) is 0 Å². The van der Waals surface area contributed by atoms with Crippen LogP contribution in [0.5, 0.6) is 0 Å². The highest BCUT2D eigenvalue weighted by Gasteiger charge is 2.14. The topological polar surface area (TPSA) is 89.3 Å². The molecule has 1 aromatic carbocycles. The van der Waals surface area contributed by atoms with Crippen molar-refractivity contribution in [1.82, 2.24) is 0 Å². The zero-order valence-electron chi connectivity index (χ0n) is 8.83. The molecule has 1 amide bonds. The summed E-state index contributed by atoms with van der Waals surface area (Å²) in [5, 5.41) is 2.00. The maximum Gasteiger partial charge on any atom is 0.239 e. The van der Waals surface area contributed by atoms with Crippen molar-refractivity contribution in [3.63, 3.8) is 0 Å². The lowest BCUT2D eigenvalue weighted by Gasteiger charge is -2.07. The van der Waals surface area contributed by atoms with E-state index in [9.17, 15) is 22.0 Å². The molecule has 1 rings (SSSR count). The van der Waals surface area contributed by atoms with Crippen molar-refractivity contribution in [2.24, 2.45) is 0 Å². The summed E-state index contributed by atoms with van der Waals surface area (Å²) in [7, 11) is -3.51. The summed E-state index contributed by atoms with van der Waals surface area (Å²) in [6, 6.07) is 1.39. The van der Waals surface area contributed by atoms with Crippen molar-refractivity contribution >= 4 is 27.1 Å². The number of rotatable bonds is 3. The van der Waals surface area contributed by atoms with Crippen molar-refractivity contribution in [1.29, 1.82) is 0 Å². The predicted octanol–water partition coefficient (Wildman–Crippen LogP) is 0.530. The summed E-state index contributed by atoms with van der Waals surface area (Å²) >= 11 is 0. The van der Waals surface area contributed by atoms with Crippen LogP contribution in [-0.2, 0) is 14.6 Å². The minimum atomic E-state index is -3.51. The highest BCUT2D eigenvalue weighted by molar-refractivity contribution is 7.91. The molecule has 94 valence electrons. The molecule has 5 nitrogen and oxygen atoms in total. The van der Waals surface area contributed by atoms with E-state index in [1.807, 2.05) is 5.32 Å². The number of nitrogen functional groups attached to an aromatic ring is 1. The zero-order valence-corrected chi connectivity index (χ0v) is 9.64. The van der Waals surface area contributed by atoms with Crippen LogP contribution in [0.15, 0.2) is 12.1 Å². The Balaban J connectivity index is 2.89. The monoisotopic (exact) mass is 264 g/mol. The van der Waals surface area contributed by atoms with Gasteiger partial charge in [-0.1, -0.05) is 0 Å². The second kappa shape index (κ2) is 4.66. The minimum absolute atomic E-state index is 0.346. The first-order chi connectivity index (χ1) is 7.69. The Morgan fingerprint density at radius 1 is 1.35 bits per heavy atom. The molecule has 0 bridgehead atoms. The molecule has 3 N–H and O–H groups in total. The molecule has 0 aliphatic heterocycles. The Morgan fingerprint density at radius 2 is 1.94 bits per heavy atom. The number of nitrogens with one attached hydrogen (secondary N) is 1. The number of sulfone groups is 1. The fraction of sp³-hybridized carbons (Fsp3) is 0.222. The minimum Gasteiger partial charge on any atom is -0.396 e. The van der Waals surface area contributed by atoms with Gasteiger partial charge in [0.15, 0.2) is 9.84 Å². The lowest BCUT2D eigenvalue weighted by atomic mass is 10.2. The van der Waals surface area contributed by atoms with E-state index < -0.39 is 33.1 Å². The van der Waals surface area contributed by atoms with E-state index in [0.29, 0.717) is 6.07 Å². The number of amides is 1. The van der Waals surface area contributed by atoms with E-state index in [1.165, 1.54) is 0 Å². The first-order valence-electron chi connectivity index (χ1n) is 4.41. The van der Waals surface area contributed by atoms with Gasteiger partial charge in [0.2, 0.25) is 5.91 Å². The molecule has 0 aliphatic carbocycles. The molecule has 0 atom stereocenters. The molecule has 0 aliphatic rings. The fourth-order valence-electron chi connectivity index (χ4n) is 1.09. The van der Waals surface area contributed by atoms with Crippen LogP contribution >= 0.6 is 0 Å². The van der Waals surface area contributed by atoms with E-state index in [0.717, 1.165) is 12.3 Å². The third-order valence-corrected chi connectivity index (χ3v) is 2.54. The maximum atomic E-state index is 13.2. The van der Waals surface area contributed by atoms with E-state index in [1.54, 1.807) is 0 Å². The SMILES string of the molecule is CS(=O)(=O)CC(=O)Nc1cc(N)c(F)cc1F. The van der Waals surface area contributed by atoms with Crippen LogP contribution in [0, 0.1) is 11.6 Å². The molecule has 0 spiro atoms. The number of carbonyl (C=O) groups is 1.